The fourth-order valence-corrected chi connectivity index (χ4v) is 4.64. The molecule has 0 saturated carbocycles. The lowest BCUT2D eigenvalue weighted by Gasteiger charge is -2.20. The molecule has 12 heteroatoms. The van der Waals surface area contributed by atoms with Crippen molar-refractivity contribution >= 4 is 40.0 Å². The van der Waals surface area contributed by atoms with Crippen molar-refractivity contribution in [3.8, 4) is 0 Å². The molecular weight excluding hydrogens is 424 g/mol. The first-order valence-corrected chi connectivity index (χ1v) is 10.5. The Balaban J connectivity index is 1.26. The molecule has 4 amide bonds. The summed E-state index contributed by atoms with van der Waals surface area (Å²) in [7, 11) is 2.04. The molecule has 3 heterocycles. The first-order chi connectivity index (χ1) is 14.8. The molecule has 0 bridgehead atoms. The lowest BCUT2D eigenvalue weighted by molar-refractivity contribution is -0.384. The van der Waals surface area contributed by atoms with Crippen molar-refractivity contribution < 1.29 is 19.3 Å². The molecule has 31 heavy (non-hydrogen) atoms. The number of benzene rings is 1. The van der Waals surface area contributed by atoms with Crippen molar-refractivity contribution in [3.05, 3.63) is 50.0 Å². The van der Waals surface area contributed by atoms with E-state index in [4.69, 9.17) is 0 Å². The van der Waals surface area contributed by atoms with Gasteiger partial charge in [0.25, 0.3) is 17.5 Å². The predicted molar refractivity (Wildman–Crippen MR) is 112 cm³/mol. The number of nitro benzene ring substituents is 1. The highest BCUT2D eigenvalue weighted by molar-refractivity contribution is 7.15. The van der Waals surface area contributed by atoms with Crippen molar-refractivity contribution in [2.24, 2.45) is 0 Å². The number of rotatable bonds is 6. The van der Waals surface area contributed by atoms with E-state index >= 15 is 0 Å². The average molecular weight is 444 g/mol. The van der Waals surface area contributed by atoms with Crippen LogP contribution in [-0.4, -0.2) is 64.2 Å². The van der Waals surface area contributed by atoms with Gasteiger partial charge in [0.05, 0.1) is 21.7 Å². The van der Waals surface area contributed by atoms with E-state index in [1.807, 2.05) is 7.05 Å². The fourth-order valence-electron chi connectivity index (χ4n) is 3.55. The molecule has 0 saturated heterocycles. The first-order valence-electron chi connectivity index (χ1n) is 9.70. The molecule has 2 aromatic rings. The van der Waals surface area contributed by atoms with E-state index in [1.165, 1.54) is 23.5 Å². The van der Waals surface area contributed by atoms with Crippen LogP contribution in [0.5, 0.6) is 0 Å². The van der Waals surface area contributed by atoms with Gasteiger partial charge in [0.1, 0.15) is 0 Å². The number of carbonyl (C=O) groups excluding carboxylic acids is 3. The maximum absolute atomic E-state index is 12.4. The lowest BCUT2D eigenvalue weighted by Crippen LogP contribution is -2.35. The minimum Gasteiger partial charge on any atom is -0.338 e. The summed E-state index contributed by atoms with van der Waals surface area (Å²) in [5.74, 6) is -1.05. The Morgan fingerprint density at radius 3 is 2.84 bits per heavy atom. The standard InChI is InChI=1S/C19H20N6O5S/c1-23-8-5-14-15(10-23)31-19(21-14)22-18(28)20-6-2-7-24-16(26)12-4-3-11(25(29)30)9-13(12)17(24)27/h3-4,9H,2,5-8,10H2,1H3,(H2,20,21,22,28). The van der Waals surface area contributed by atoms with Gasteiger partial charge in [-0.05, 0) is 19.5 Å². The van der Waals surface area contributed by atoms with Crippen LogP contribution in [0.3, 0.4) is 0 Å². The Labute approximate surface area is 181 Å². The van der Waals surface area contributed by atoms with Crippen LogP contribution in [-0.2, 0) is 13.0 Å². The largest absolute Gasteiger partial charge is 0.338 e. The zero-order valence-corrected chi connectivity index (χ0v) is 17.5. The van der Waals surface area contributed by atoms with Crippen LogP contribution >= 0.6 is 11.3 Å². The zero-order chi connectivity index (χ0) is 22.1. The van der Waals surface area contributed by atoms with Gasteiger partial charge in [0.2, 0.25) is 0 Å². The number of nitrogens with one attached hydrogen (secondary N) is 2. The number of nitrogens with zero attached hydrogens (tertiary/aromatic N) is 4. The molecule has 2 N–H and O–H groups in total. The van der Waals surface area contributed by atoms with Crippen molar-refractivity contribution in [2.45, 2.75) is 19.4 Å². The molecule has 0 fully saturated rings. The number of non-ortho nitro benzene ring substituents is 1. The minimum atomic E-state index is -0.611. The number of hydrogen-bond acceptors (Lipinski definition) is 8. The third-order valence-electron chi connectivity index (χ3n) is 5.15. The van der Waals surface area contributed by atoms with Gasteiger partial charge in [-0.1, -0.05) is 0 Å². The highest BCUT2D eigenvalue weighted by atomic mass is 32.1. The molecule has 11 nitrogen and oxygen atoms in total. The van der Waals surface area contributed by atoms with Gasteiger partial charge >= 0.3 is 6.03 Å². The molecule has 2 aliphatic rings. The second kappa shape index (κ2) is 8.40. The SMILES string of the molecule is CN1CCc2nc(NC(=O)NCCCN3C(=O)c4ccc([N+](=O)[O-])cc4C3=O)sc2C1. The molecule has 0 aliphatic carbocycles. The fraction of sp³-hybridized carbons (Fsp3) is 0.368. The number of nitro groups is 1. The summed E-state index contributed by atoms with van der Waals surface area (Å²) in [6.07, 6.45) is 1.20. The molecule has 162 valence electrons. The van der Waals surface area contributed by atoms with E-state index in [2.05, 4.69) is 20.5 Å². The van der Waals surface area contributed by atoms with Gasteiger partial charge in [-0.25, -0.2) is 9.78 Å². The molecule has 2 aliphatic heterocycles. The molecule has 0 unspecified atom stereocenters. The normalized spacial score (nSPS) is 15.6. The summed E-state index contributed by atoms with van der Waals surface area (Å²) in [5, 5.41) is 16.8. The van der Waals surface area contributed by atoms with Gasteiger partial charge in [0, 0.05) is 49.6 Å². The summed E-state index contributed by atoms with van der Waals surface area (Å²) in [6, 6.07) is 3.21. The number of likely N-dealkylation sites (N-methyl/N-ethyl adjacent to an activating group) is 1. The molecule has 1 aromatic carbocycles. The van der Waals surface area contributed by atoms with Crippen LogP contribution in [0.15, 0.2) is 18.2 Å². The highest BCUT2D eigenvalue weighted by Crippen LogP contribution is 2.28. The number of amides is 4. The molecule has 0 radical (unpaired) electrons. The van der Waals surface area contributed by atoms with E-state index in [1.54, 1.807) is 0 Å². The number of thiazole rings is 1. The smallest absolute Gasteiger partial charge is 0.321 e. The average Bonchev–Trinajstić information content (AvgIpc) is 3.23. The summed E-state index contributed by atoms with van der Waals surface area (Å²) in [6.45, 7) is 2.10. The Morgan fingerprint density at radius 2 is 2.06 bits per heavy atom. The number of anilines is 1. The maximum atomic E-state index is 12.4. The van der Waals surface area contributed by atoms with Crippen LogP contribution in [0, 0.1) is 10.1 Å². The number of imide groups is 1. The molecule has 0 atom stereocenters. The van der Waals surface area contributed by atoms with E-state index in [-0.39, 0.29) is 29.9 Å². The number of hydrogen-bond donors (Lipinski definition) is 2. The third-order valence-corrected chi connectivity index (χ3v) is 6.15. The molecule has 4 rings (SSSR count). The molecular formula is C19H20N6O5S. The molecule has 1 aromatic heterocycles. The van der Waals surface area contributed by atoms with Crippen molar-refractivity contribution in [1.29, 1.82) is 0 Å². The van der Waals surface area contributed by atoms with Gasteiger partial charge in [-0.15, -0.1) is 11.3 Å². The quantitative estimate of drug-likeness (QED) is 0.300. The predicted octanol–water partition coefficient (Wildman–Crippen LogP) is 1.85. The Kier molecular flexibility index (Phi) is 5.65. The number of urea groups is 1. The lowest BCUT2D eigenvalue weighted by atomic mass is 10.1. The van der Waals surface area contributed by atoms with Crippen molar-refractivity contribution in [2.75, 3.05) is 32.0 Å². The summed E-state index contributed by atoms with van der Waals surface area (Å²) >= 11 is 1.45. The summed E-state index contributed by atoms with van der Waals surface area (Å²) < 4.78 is 0. The van der Waals surface area contributed by atoms with Gasteiger partial charge in [-0.2, -0.15) is 0 Å². The third kappa shape index (κ3) is 4.25. The van der Waals surface area contributed by atoms with E-state index in [9.17, 15) is 24.5 Å². The van der Waals surface area contributed by atoms with Crippen LogP contribution in [0.25, 0.3) is 0 Å². The highest BCUT2D eigenvalue weighted by Gasteiger charge is 2.36. The number of aromatic nitrogens is 1. The maximum Gasteiger partial charge on any atom is 0.321 e. The number of fused-ring (bicyclic) bond motifs is 2. The second-order valence-corrected chi connectivity index (χ2v) is 8.44. The first kappa shape index (κ1) is 20.9. The van der Waals surface area contributed by atoms with Crippen LogP contribution in [0.4, 0.5) is 15.6 Å². The monoisotopic (exact) mass is 444 g/mol. The topological polar surface area (TPSA) is 138 Å². The van der Waals surface area contributed by atoms with Crippen molar-refractivity contribution in [3.63, 3.8) is 0 Å². The summed E-state index contributed by atoms with van der Waals surface area (Å²) in [5.41, 5.74) is 0.961. The second-order valence-electron chi connectivity index (χ2n) is 7.36. The van der Waals surface area contributed by atoms with Gasteiger partial charge in [-0.3, -0.25) is 29.9 Å². The van der Waals surface area contributed by atoms with Crippen molar-refractivity contribution in [1.82, 2.24) is 20.1 Å². The summed E-state index contributed by atoms with van der Waals surface area (Å²) in [4.78, 5) is 56.1. The molecule has 0 spiro atoms. The van der Waals surface area contributed by atoms with E-state index in [0.29, 0.717) is 11.6 Å². The Morgan fingerprint density at radius 1 is 1.29 bits per heavy atom. The zero-order valence-electron chi connectivity index (χ0n) is 16.7. The van der Waals surface area contributed by atoms with E-state index < -0.39 is 22.8 Å². The van der Waals surface area contributed by atoms with Gasteiger partial charge in [0.15, 0.2) is 5.13 Å². The van der Waals surface area contributed by atoms with Crippen LogP contribution in [0.2, 0.25) is 0 Å². The Hall–Kier alpha value is -3.38. The van der Waals surface area contributed by atoms with Gasteiger partial charge < -0.3 is 10.2 Å². The number of carbonyl (C=O) groups is 3. The van der Waals surface area contributed by atoms with E-state index in [0.717, 1.165) is 41.0 Å². The van der Waals surface area contributed by atoms with Crippen LogP contribution in [0.1, 0.15) is 37.7 Å². The Bertz CT molecular complexity index is 1080. The van der Waals surface area contributed by atoms with Crippen LogP contribution < -0.4 is 10.6 Å². The minimum absolute atomic E-state index is 0.0308.